The second kappa shape index (κ2) is 4.43. The molecule has 1 saturated carbocycles. The fraction of sp³-hybridized carbons (Fsp3) is 1.00. The van der Waals surface area contributed by atoms with Crippen LogP contribution in [0.4, 0.5) is 0 Å². The van der Waals surface area contributed by atoms with E-state index in [1.807, 2.05) is 0 Å². The molecule has 2 N–H and O–H groups in total. The highest BCUT2D eigenvalue weighted by Crippen LogP contribution is 2.38. The molecule has 0 aromatic carbocycles. The van der Waals surface area contributed by atoms with E-state index in [0.717, 1.165) is 12.5 Å². The van der Waals surface area contributed by atoms with Crippen LogP contribution in [0.25, 0.3) is 0 Å². The standard InChI is InChI=1S/C11H24N2/c1-4-8-13(3)11(9-12)7-5-6-10(11)2/h10H,4-9,12H2,1-3H3. The maximum atomic E-state index is 5.95. The van der Waals surface area contributed by atoms with Crippen LogP contribution in [0.15, 0.2) is 0 Å². The van der Waals surface area contributed by atoms with Crippen molar-refractivity contribution in [3.05, 3.63) is 0 Å². The second-order valence-electron chi connectivity index (χ2n) is 4.52. The van der Waals surface area contributed by atoms with Crippen LogP contribution < -0.4 is 5.73 Å². The Bertz CT molecular complexity index is 158. The number of nitrogens with zero attached hydrogens (tertiary/aromatic N) is 1. The van der Waals surface area contributed by atoms with E-state index in [-0.39, 0.29) is 0 Å². The third-order valence-corrected chi connectivity index (χ3v) is 3.84. The topological polar surface area (TPSA) is 29.3 Å². The zero-order valence-corrected chi connectivity index (χ0v) is 9.34. The molecule has 0 aromatic rings. The van der Waals surface area contributed by atoms with E-state index < -0.39 is 0 Å². The molecule has 2 atom stereocenters. The van der Waals surface area contributed by atoms with Gasteiger partial charge in [-0.15, -0.1) is 0 Å². The van der Waals surface area contributed by atoms with Crippen molar-refractivity contribution in [1.82, 2.24) is 4.90 Å². The van der Waals surface area contributed by atoms with Gasteiger partial charge in [-0.2, -0.15) is 0 Å². The molecule has 13 heavy (non-hydrogen) atoms. The van der Waals surface area contributed by atoms with Crippen molar-refractivity contribution < 1.29 is 0 Å². The zero-order valence-electron chi connectivity index (χ0n) is 9.34. The molecule has 0 radical (unpaired) electrons. The van der Waals surface area contributed by atoms with Gasteiger partial charge in [0.1, 0.15) is 0 Å². The van der Waals surface area contributed by atoms with Gasteiger partial charge in [-0.3, -0.25) is 4.90 Å². The van der Waals surface area contributed by atoms with Crippen LogP contribution in [0.1, 0.15) is 39.5 Å². The van der Waals surface area contributed by atoms with Gasteiger partial charge in [0.05, 0.1) is 0 Å². The lowest BCUT2D eigenvalue weighted by Gasteiger charge is -2.41. The Labute approximate surface area is 82.5 Å². The molecule has 78 valence electrons. The molecule has 0 heterocycles. The van der Waals surface area contributed by atoms with Gasteiger partial charge in [-0.05, 0) is 38.8 Å². The molecule has 0 amide bonds. The van der Waals surface area contributed by atoms with Crippen molar-refractivity contribution in [1.29, 1.82) is 0 Å². The molecule has 1 aliphatic rings. The lowest BCUT2D eigenvalue weighted by molar-refractivity contribution is 0.0916. The first-order valence-corrected chi connectivity index (χ1v) is 5.58. The summed E-state index contributed by atoms with van der Waals surface area (Å²) in [5.74, 6) is 0.772. The lowest BCUT2D eigenvalue weighted by atomic mass is 9.86. The Kier molecular flexibility index (Phi) is 3.74. The monoisotopic (exact) mass is 184 g/mol. The smallest absolute Gasteiger partial charge is 0.0354 e. The van der Waals surface area contributed by atoms with Gasteiger partial charge in [-0.25, -0.2) is 0 Å². The predicted molar refractivity (Wildman–Crippen MR) is 57.7 cm³/mol. The van der Waals surface area contributed by atoms with E-state index in [1.165, 1.54) is 32.2 Å². The number of hydrogen-bond acceptors (Lipinski definition) is 2. The molecule has 2 heteroatoms. The molecule has 0 spiro atoms. The largest absolute Gasteiger partial charge is 0.329 e. The average Bonchev–Trinajstić information content (AvgIpc) is 2.48. The fourth-order valence-corrected chi connectivity index (χ4v) is 2.81. The van der Waals surface area contributed by atoms with Gasteiger partial charge in [0.2, 0.25) is 0 Å². The molecule has 0 aromatic heterocycles. The predicted octanol–water partition coefficient (Wildman–Crippen LogP) is 1.85. The number of hydrogen-bond donors (Lipinski definition) is 1. The van der Waals surface area contributed by atoms with Crippen LogP contribution >= 0.6 is 0 Å². The quantitative estimate of drug-likeness (QED) is 0.722. The van der Waals surface area contributed by atoms with Gasteiger partial charge in [0.15, 0.2) is 0 Å². The van der Waals surface area contributed by atoms with E-state index in [0.29, 0.717) is 5.54 Å². The summed E-state index contributed by atoms with van der Waals surface area (Å²) in [7, 11) is 2.23. The summed E-state index contributed by atoms with van der Waals surface area (Å²) in [5, 5.41) is 0. The van der Waals surface area contributed by atoms with Gasteiger partial charge in [0.25, 0.3) is 0 Å². The highest BCUT2D eigenvalue weighted by atomic mass is 15.2. The van der Waals surface area contributed by atoms with E-state index in [4.69, 9.17) is 5.73 Å². The van der Waals surface area contributed by atoms with Crippen molar-refractivity contribution in [2.75, 3.05) is 20.1 Å². The summed E-state index contributed by atoms with van der Waals surface area (Å²) in [6.45, 7) is 6.60. The Hall–Kier alpha value is -0.0800. The first kappa shape index (κ1) is 11.0. The summed E-state index contributed by atoms with van der Waals surface area (Å²) in [6.07, 6.45) is 5.23. The third kappa shape index (κ3) is 1.89. The minimum Gasteiger partial charge on any atom is -0.329 e. The van der Waals surface area contributed by atoms with E-state index in [1.54, 1.807) is 0 Å². The van der Waals surface area contributed by atoms with E-state index >= 15 is 0 Å². The number of likely N-dealkylation sites (N-methyl/N-ethyl adjacent to an activating group) is 1. The normalized spacial score (nSPS) is 34.4. The Morgan fingerprint density at radius 1 is 1.54 bits per heavy atom. The summed E-state index contributed by atoms with van der Waals surface area (Å²) in [5.41, 5.74) is 6.26. The van der Waals surface area contributed by atoms with Crippen molar-refractivity contribution >= 4 is 0 Å². The molecule has 1 fully saturated rings. The van der Waals surface area contributed by atoms with Crippen molar-refractivity contribution in [3.8, 4) is 0 Å². The molecular formula is C11H24N2. The minimum atomic E-state index is 0.315. The van der Waals surface area contributed by atoms with Gasteiger partial charge in [0, 0.05) is 12.1 Å². The Morgan fingerprint density at radius 3 is 2.62 bits per heavy atom. The summed E-state index contributed by atoms with van der Waals surface area (Å²) in [6, 6.07) is 0. The van der Waals surface area contributed by atoms with Crippen molar-refractivity contribution in [2.45, 2.75) is 45.1 Å². The molecule has 2 unspecified atom stereocenters. The minimum absolute atomic E-state index is 0.315. The van der Waals surface area contributed by atoms with Crippen LogP contribution in [-0.2, 0) is 0 Å². The Morgan fingerprint density at radius 2 is 2.23 bits per heavy atom. The Balaban J connectivity index is 2.67. The molecule has 1 aliphatic carbocycles. The highest BCUT2D eigenvalue weighted by Gasteiger charge is 2.41. The van der Waals surface area contributed by atoms with Crippen LogP contribution in [0, 0.1) is 5.92 Å². The molecule has 0 aliphatic heterocycles. The highest BCUT2D eigenvalue weighted by molar-refractivity contribution is 4.98. The maximum absolute atomic E-state index is 5.95. The van der Waals surface area contributed by atoms with Crippen LogP contribution in [-0.4, -0.2) is 30.6 Å². The maximum Gasteiger partial charge on any atom is 0.0354 e. The average molecular weight is 184 g/mol. The van der Waals surface area contributed by atoms with Crippen LogP contribution in [0.2, 0.25) is 0 Å². The van der Waals surface area contributed by atoms with Crippen molar-refractivity contribution in [3.63, 3.8) is 0 Å². The van der Waals surface area contributed by atoms with Gasteiger partial charge >= 0.3 is 0 Å². The lowest BCUT2D eigenvalue weighted by Crippen LogP contribution is -2.54. The second-order valence-corrected chi connectivity index (χ2v) is 4.52. The SMILES string of the molecule is CCCN(C)C1(CN)CCCC1C. The molecule has 0 bridgehead atoms. The molecule has 0 saturated heterocycles. The summed E-state index contributed by atoms with van der Waals surface area (Å²) in [4.78, 5) is 2.49. The first-order chi connectivity index (χ1) is 6.17. The van der Waals surface area contributed by atoms with Gasteiger partial charge in [-0.1, -0.05) is 20.3 Å². The van der Waals surface area contributed by atoms with Crippen LogP contribution in [0.3, 0.4) is 0 Å². The molecule has 1 rings (SSSR count). The number of rotatable bonds is 4. The fourth-order valence-electron chi connectivity index (χ4n) is 2.81. The molecule has 2 nitrogen and oxygen atoms in total. The van der Waals surface area contributed by atoms with E-state index in [2.05, 4.69) is 25.8 Å². The number of nitrogens with two attached hydrogens (primary N) is 1. The van der Waals surface area contributed by atoms with Crippen LogP contribution in [0.5, 0.6) is 0 Å². The van der Waals surface area contributed by atoms with E-state index in [9.17, 15) is 0 Å². The van der Waals surface area contributed by atoms with Gasteiger partial charge < -0.3 is 5.73 Å². The summed E-state index contributed by atoms with van der Waals surface area (Å²) < 4.78 is 0. The first-order valence-electron chi connectivity index (χ1n) is 5.58. The van der Waals surface area contributed by atoms with Crippen molar-refractivity contribution in [2.24, 2.45) is 11.7 Å². The molecular weight excluding hydrogens is 160 g/mol. The zero-order chi connectivity index (χ0) is 9.90. The summed E-state index contributed by atoms with van der Waals surface area (Å²) >= 11 is 0. The third-order valence-electron chi connectivity index (χ3n) is 3.84.